The lowest BCUT2D eigenvalue weighted by Crippen LogP contribution is -2.46. The highest BCUT2D eigenvalue weighted by Crippen LogP contribution is 2.09. The minimum absolute atomic E-state index is 0.228. The highest BCUT2D eigenvalue weighted by molar-refractivity contribution is 5.86. The number of rotatable bonds is 8. The Morgan fingerprint density at radius 2 is 1.86 bits per heavy atom. The molecule has 1 amide bonds. The van der Waals surface area contributed by atoms with E-state index in [1.54, 1.807) is 0 Å². The van der Waals surface area contributed by atoms with E-state index in [0.717, 1.165) is 5.56 Å². The van der Waals surface area contributed by atoms with Gasteiger partial charge in [-0.05, 0) is 30.7 Å². The Balaban J connectivity index is 2.51. The molecular weight excluding hydrogens is 282 g/mol. The second-order valence-electron chi connectivity index (χ2n) is 5.75. The van der Waals surface area contributed by atoms with Crippen molar-refractivity contribution < 1.29 is 19.4 Å². The van der Waals surface area contributed by atoms with Crippen LogP contribution >= 0.6 is 0 Å². The van der Waals surface area contributed by atoms with E-state index in [4.69, 9.17) is 0 Å². The molecule has 1 rings (SSSR count). The molecular formula is C17H25NO4. The van der Waals surface area contributed by atoms with E-state index in [2.05, 4.69) is 10.1 Å². The molecule has 0 aliphatic heterocycles. The Morgan fingerprint density at radius 1 is 1.23 bits per heavy atom. The molecule has 0 heterocycles. The second-order valence-corrected chi connectivity index (χ2v) is 5.75. The van der Waals surface area contributed by atoms with Gasteiger partial charge in [-0.3, -0.25) is 4.79 Å². The van der Waals surface area contributed by atoms with Crippen molar-refractivity contribution in [2.75, 3.05) is 7.11 Å². The number of esters is 1. The van der Waals surface area contributed by atoms with Crippen molar-refractivity contribution in [2.24, 2.45) is 5.92 Å². The number of benzene rings is 1. The van der Waals surface area contributed by atoms with Gasteiger partial charge < -0.3 is 15.2 Å². The van der Waals surface area contributed by atoms with E-state index in [1.165, 1.54) is 7.11 Å². The predicted molar refractivity (Wildman–Crippen MR) is 84.2 cm³/mol. The van der Waals surface area contributed by atoms with E-state index in [1.807, 2.05) is 44.2 Å². The molecule has 0 aliphatic rings. The van der Waals surface area contributed by atoms with Gasteiger partial charge in [0.25, 0.3) is 0 Å². The summed E-state index contributed by atoms with van der Waals surface area (Å²) in [6.07, 6.45) is 0.247. The fourth-order valence-electron chi connectivity index (χ4n) is 2.17. The summed E-state index contributed by atoms with van der Waals surface area (Å²) < 4.78 is 4.69. The molecule has 0 aliphatic carbocycles. The van der Waals surface area contributed by atoms with Gasteiger partial charge in [0.05, 0.1) is 7.11 Å². The molecule has 0 radical (unpaired) electrons. The first-order valence-corrected chi connectivity index (χ1v) is 7.54. The SMILES string of the molecule is COC(=O)C(CC(C)C)NC(=O)C(O)CCc1ccccc1. The van der Waals surface area contributed by atoms with Crippen molar-refractivity contribution in [1.29, 1.82) is 0 Å². The maximum Gasteiger partial charge on any atom is 0.328 e. The van der Waals surface area contributed by atoms with Gasteiger partial charge in [0, 0.05) is 0 Å². The fourth-order valence-corrected chi connectivity index (χ4v) is 2.17. The van der Waals surface area contributed by atoms with Crippen molar-refractivity contribution in [3.63, 3.8) is 0 Å². The van der Waals surface area contributed by atoms with Crippen molar-refractivity contribution in [3.05, 3.63) is 35.9 Å². The molecule has 0 saturated heterocycles. The fraction of sp³-hybridized carbons (Fsp3) is 0.529. The number of ether oxygens (including phenoxy) is 1. The average Bonchev–Trinajstić information content (AvgIpc) is 2.51. The van der Waals surface area contributed by atoms with Gasteiger partial charge in [-0.1, -0.05) is 44.2 Å². The van der Waals surface area contributed by atoms with Gasteiger partial charge in [-0.25, -0.2) is 4.79 Å². The van der Waals surface area contributed by atoms with Crippen LogP contribution < -0.4 is 5.32 Å². The summed E-state index contributed by atoms with van der Waals surface area (Å²) in [5, 5.41) is 12.5. The third kappa shape index (κ3) is 6.26. The Hall–Kier alpha value is -1.88. The van der Waals surface area contributed by atoms with E-state index in [0.29, 0.717) is 19.3 Å². The first-order valence-electron chi connectivity index (χ1n) is 7.54. The van der Waals surface area contributed by atoms with Crippen LogP contribution in [-0.4, -0.2) is 36.2 Å². The first kappa shape index (κ1) is 18.2. The maximum atomic E-state index is 12.0. The molecule has 1 aromatic rings. The molecule has 22 heavy (non-hydrogen) atoms. The molecule has 0 spiro atoms. The number of nitrogens with one attached hydrogen (secondary N) is 1. The number of carbonyl (C=O) groups excluding carboxylic acids is 2. The largest absolute Gasteiger partial charge is 0.467 e. The summed E-state index contributed by atoms with van der Waals surface area (Å²) >= 11 is 0. The first-order chi connectivity index (χ1) is 10.4. The minimum Gasteiger partial charge on any atom is -0.467 e. The van der Waals surface area contributed by atoms with Crippen LogP contribution in [0.25, 0.3) is 0 Å². The van der Waals surface area contributed by atoms with Crippen LogP contribution in [0.2, 0.25) is 0 Å². The van der Waals surface area contributed by atoms with Crippen LogP contribution in [0.1, 0.15) is 32.3 Å². The van der Waals surface area contributed by atoms with E-state index in [-0.39, 0.29) is 5.92 Å². The quantitative estimate of drug-likeness (QED) is 0.717. The number of aliphatic hydroxyl groups is 1. The highest BCUT2D eigenvalue weighted by Gasteiger charge is 2.25. The summed E-state index contributed by atoms with van der Waals surface area (Å²) in [6, 6.07) is 8.92. The normalized spacial score (nSPS) is 13.5. The molecule has 122 valence electrons. The predicted octanol–water partition coefficient (Wildman–Crippen LogP) is 1.68. The Kier molecular flexibility index (Phi) is 7.60. The molecule has 5 heteroatoms. The molecule has 2 atom stereocenters. The number of hydrogen-bond acceptors (Lipinski definition) is 4. The van der Waals surface area contributed by atoms with Crippen LogP contribution in [0.5, 0.6) is 0 Å². The van der Waals surface area contributed by atoms with Gasteiger partial charge in [0.2, 0.25) is 5.91 Å². The van der Waals surface area contributed by atoms with Gasteiger partial charge in [0.1, 0.15) is 12.1 Å². The van der Waals surface area contributed by atoms with Crippen molar-refractivity contribution in [2.45, 2.75) is 45.3 Å². The smallest absolute Gasteiger partial charge is 0.328 e. The second kappa shape index (κ2) is 9.20. The van der Waals surface area contributed by atoms with Crippen LogP contribution in [-0.2, 0) is 20.7 Å². The average molecular weight is 307 g/mol. The van der Waals surface area contributed by atoms with Gasteiger partial charge in [-0.2, -0.15) is 0 Å². The summed E-state index contributed by atoms with van der Waals surface area (Å²) in [5.41, 5.74) is 1.06. The summed E-state index contributed by atoms with van der Waals surface area (Å²) in [4.78, 5) is 23.7. The Bertz CT molecular complexity index is 473. The van der Waals surface area contributed by atoms with Crippen LogP contribution in [0.4, 0.5) is 0 Å². The summed E-state index contributed by atoms with van der Waals surface area (Å²) in [7, 11) is 1.29. The number of aliphatic hydroxyl groups excluding tert-OH is 1. The highest BCUT2D eigenvalue weighted by atomic mass is 16.5. The lowest BCUT2D eigenvalue weighted by atomic mass is 10.0. The molecule has 0 bridgehead atoms. The molecule has 2 unspecified atom stereocenters. The van der Waals surface area contributed by atoms with Gasteiger partial charge in [0.15, 0.2) is 0 Å². The zero-order valence-electron chi connectivity index (χ0n) is 13.4. The molecule has 2 N–H and O–H groups in total. The number of hydrogen-bond donors (Lipinski definition) is 2. The lowest BCUT2D eigenvalue weighted by Gasteiger charge is -2.20. The maximum absolute atomic E-state index is 12.0. The monoisotopic (exact) mass is 307 g/mol. The minimum atomic E-state index is -1.14. The third-order valence-corrected chi connectivity index (χ3v) is 3.36. The number of amides is 1. The zero-order valence-corrected chi connectivity index (χ0v) is 13.4. The van der Waals surface area contributed by atoms with E-state index in [9.17, 15) is 14.7 Å². The van der Waals surface area contributed by atoms with E-state index >= 15 is 0 Å². The molecule has 0 aromatic heterocycles. The third-order valence-electron chi connectivity index (χ3n) is 3.36. The molecule has 1 aromatic carbocycles. The molecule has 0 fully saturated rings. The number of carbonyl (C=O) groups is 2. The van der Waals surface area contributed by atoms with Crippen molar-refractivity contribution in [3.8, 4) is 0 Å². The van der Waals surface area contributed by atoms with Crippen molar-refractivity contribution in [1.82, 2.24) is 5.32 Å². The summed E-state index contributed by atoms with van der Waals surface area (Å²) in [6.45, 7) is 3.90. The number of methoxy groups -OCH3 is 1. The molecule has 5 nitrogen and oxygen atoms in total. The standard InChI is InChI=1S/C17H25NO4/c1-12(2)11-14(17(21)22-3)18-16(20)15(19)10-9-13-7-5-4-6-8-13/h4-8,12,14-15,19H,9-11H2,1-3H3,(H,18,20). The topological polar surface area (TPSA) is 75.6 Å². The van der Waals surface area contributed by atoms with Gasteiger partial charge in [-0.15, -0.1) is 0 Å². The Labute approximate surface area is 131 Å². The lowest BCUT2D eigenvalue weighted by molar-refractivity contribution is -0.146. The summed E-state index contributed by atoms with van der Waals surface area (Å²) in [5.74, 6) is -0.796. The van der Waals surface area contributed by atoms with Crippen LogP contribution in [0.3, 0.4) is 0 Å². The van der Waals surface area contributed by atoms with Gasteiger partial charge >= 0.3 is 5.97 Å². The van der Waals surface area contributed by atoms with Crippen molar-refractivity contribution >= 4 is 11.9 Å². The number of aryl methyl sites for hydroxylation is 1. The van der Waals surface area contributed by atoms with Crippen LogP contribution in [0.15, 0.2) is 30.3 Å². The van der Waals surface area contributed by atoms with E-state index < -0.39 is 24.0 Å². The zero-order chi connectivity index (χ0) is 16.5. The molecule has 0 saturated carbocycles. The Morgan fingerprint density at radius 3 is 2.41 bits per heavy atom. The van der Waals surface area contributed by atoms with Crippen LogP contribution in [0, 0.1) is 5.92 Å².